The van der Waals surface area contributed by atoms with Gasteiger partial charge in [-0.3, -0.25) is 24.5 Å². The standard InChI is InChI=1S/C29H37N3O4.C24H36N2O4.C19H28N2O2.C16H21NO4.C11H21NO3.C11H19NO3.C6H13NO/c33-27(31-35)15-14-22-10-12-24(13-11-22)21-32-18-16-23(17-19-32)20-30-28(25-6-2-1-3-7-25)29(34)36-26-8-4-5-9-26;1-24(2,3)30-23(28)26-15-13-18(14-16-26)17-25-21(19-9-5-4-6-10-19)22(27)29-20-11-7-8-12-20;22-19(23-17-8-4-5-9-17)18(16-6-2-1-3-7-16)21-14-15-10-12-20-13-11-15;1-12(2)11-20-13(3)21-17-16(19)9-8-14-4-6-15(10-18)7-5-14;2*1-11(2,3)15-10(14)12-6-4-9(8-13)5-7-12;8-5-6-1-3-7-4-2-6/h1-3,6-7,10-15,23,26,28,30,35H,4-5,8-9,16-21H2,(H,31,33);4-6,9-10,18,20-21,25H,7-8,11-17H2,1-3H3;1-3,6-7,15,17-18,20-21H,4-5,8-14H2;4-10,12-13H,11H2,1-3H3,(H,17,19);9,13H,4-8H2,1-3H3;8-9H,4-7H2,1-3H3;6-8H,1-5H2/b15-14+;;;9-8+;;;/t28-;21-;18-;;;;/m000..../s1. The minimum absolute atomic E-state index is 0.0579. The van der Waals surface area contributed by atoms with E-state index in [1.807, 2.05) is 179 Å². The Morgan fingerprint density at radius 2 is 0.716 bits per heavy atom. The zero-order chi connectivity index (χ0) is 107. The molecule has 148 heavy (non-hydrogen) atoms. The van der Waals surface area contributed by atoms with E-state index in [0.29, 0.717) is 93.6 Å². The molecule has 5 amide bonds. The third kappa shape index (κ3) is 49.6. The van der Waals surface area contributed by atoms with E-state index < -0.39 is 41.1 Å². The number of nitrogens with zero attached hydrogens (tertiary/aromatic N) is 4. The Kier molecular flexibility index (Phi) is 55.6. The Morgan fingerprint density at radius 3 is 1.05 bits per heavy atom. The van der Waals surface area contributed by atoms with Crippen molar-refractivity contribution in [3.63, 3.8) is 0 Å². The van der Waals surface area contributed by atoms with Crippen molar-refractivity contribution in [3.05, 3.63) is 191 Å². The van der Waals surface area contributed by atoms with Crippen molar-refractivity contribution in [2.75, 3.05) is 118 Å². The molecule has 0 spiro atoms. The molecule has 9 aliphatic rings. The second kappa shape index (κ2) is 67.0. The SMILES string of the molecule is CC(C)(C)OC(=O)N1CCC(C=O)CC1.CC(C)(C)OC(=O)N1CCC(CN[C@H](C(=O)OC2CCCC2)c2ccccc2)CC1.CC(C)(C)OC(=O)N1CCC(CO)CC1.CC(C)COC(C)ONC(=O)/C=C/c1ccc(C=O)cc1.O=C(/C=C/c1ccc(CN2CCC(CN[C@H](C(=O)OC3CCCC3)c3ccccc3)CC2)cc1)NO.O=C(OC1CCCC1)[C@@H](NCC1CCNCC1)c1ccccc1.OCC1CCNCC1. The Morgan fingerprint density at radius 1 is 0.399 bits per heavy atom. The van der Waals surface area contributed by atoms with Crippen molar-refractivity contribution >= 4 is 72.7 Å². The van der Waals surface area contributed by atoms with Crippen LogP contribution in [0.5, 0.6) is 0 Å². The number of rotatable bonds is 33. The van der Waals surface area contributed by atoms with Crippen LogP contribution in [-0.2, 0) is 73.3 Å². The zero-order valence-electron chi connectivity index (χ0n) is 90.2. The van der Waals surface area contributed by atoms with E-state index in [1.165, 1.54) is 43.4 Å². The Labute approximate surface area is 879 Å². The summed E-state index contributed by atoms with van der Waals surface area (Å²) in [5, 5.41) is 43.3. The number of benzene rings is 5. The Hall–Kier alpha value is -10.4. The summed E-state index contributed by atoms with van der Waals surface area (Å²) in [5.74, 6) is 1.65. The van der Waals surface area contributed by atoms with Gasteiger partial charge in [-0.15, -0.1) is 0 Å². The molecule has 3 aliphatic carbocycles. The molecule has 5 aromatic carbocycles. The number of piperidine rings is 6. The fourth-order valence-corrected chi connectivity index (χ4v) is 18.4. The van der Waals surface area contributed by atoms with Gasteiger partial charge in [0, 0.05) is 82.7 Å². The first-order chi connectivity index (χ1) is 71.0. The predicted octanol–water partition coefficient (Wildman–Crippen LogP) is 17.5. The van der Waals surface area contributed by atoms with Gasteiger partial charge in [-0.2, -0.15) is 0 Å². The number of hydrogen-bond acceptors (Lipinski definition) is 27. The minimum atomic E-state index is -0.544. The third-order valence-corrected chi connectivity index (χ3v) is 27.2. The van der Waals surface area contributed by atoms with Crippen LogP contribution in [0.1, 0.15) is 299 Å². The van der Waals surface area contributed by atoms with Gasteiger partial charge in [0.2, 0.25) is 0 Å². The minimum Gasteiger partial charge on any atom is -0.461 e. The zero-order valence-corrected chi connectivity index (χ0v) is 90.2. The van der Waals surface area contributed by atoms with Gasteiger partial charge in [0.1, 0.15) is 65.8 Å². The molecule has 1 unspecified atom stereocenters. The summed E-state index contributed by atoms with van der Waals surface area (Å²) < 4.78 is 38.7. The third-order valence-electron chi connectivity index (χ3n) is 27.2. The molecule has 6 aliphatic heterocycles. The van der Waals surface area contributed by atoms with Crippen molar-refractivity contribution in [2.45, 2.75) is 303 Å². The quantitative estimate of drug-likeness (QED) is 0.00355. The lowest BCUT2D eigenvalue weighted by Gasteiger charge is -2.34. The lowest BCUT2D eigenvalue weighted by Crippen LogP contribution is -2.44. The van der Waals surface area contributed by atoms with Gasteiger partial charge in [0.05, 0.1) is 6.61 Å². The molecule has 32 heteroatoms. The number of carbonyl (C=O) groups is 10. The topological polar surface area (TPSA) is 402 Å². The molecular formula is C116H175N11O21. The molecule has 820 valence electrons. The van der Waals surface area contributed by atoms with Crippen molar-refractivity contribution < 1.29 is 101 Å². The van der Waals surface area contributed by atoms with Crippen LogP contribution in [0.4, 0.5) is 14.4 Å². The lowest BCUT2D eigenvalue weighted by molar-refractivity contribution is -0.180. The highest BCUT2D eigenvalue weighted by molar-refractivity contribution is 5.91. The van der Waals surface area contributed by atoms with Crippen molar-refractivity contribution in [1.82, 2.24) is 57.1 Å². The van der Waals surface area contributed by atoms with E-state index in [4.69, 9.17) is 53.4 Å². The summed E-state index contributed by atoms with van der Waals surface area (Å²) in [7, 11) is 0. The maximum atomic E-state index is 13.0. The van der Waals surface area contributed by atoms with E-state index in [2.05, 4.69) is 49.1 Å². The highest BCUT2D eigenvalue weighted by atomic mass is 16.8. The van der Waals surface area contributed by atoms with Crippen molar-refractivity contribution in [1.29, 1.82) is 0 Å². The molecule has 4 atom stereocenters. The molecule has 32 nitrogen and oxygen atoms in total. The second-order valence-corrected chi connectivity index (χ2v) is 43.6. The van der Waals surface area contributed by atoms with Gasteiger partial charge in [-0.1, -0.05) is 153 Å². The number of amides is 5. The number of nitrogens with one attached hydrogen (secondary N) is 7. The first-order valence-corrected chi connectivity index (χ1v) is 54.3. The maximum Gasteiger partial charge on any atom is 0.410 e. The number of likely N-dealkylation sites (tertiary alicyclic amines) is 4. The Balaban J connectivity index is 0.000000218. The summed E-state index contributed by atoms with van der Waals surface area (Å²) in [6.45, 7) is 37.4. The van der Waals surface area contributed by atoms with Gasteiger partial charge in [-0.05, 0) is 363 Å². The number of hydrogen-bond donors (Lipinski definition) is 10. The summed E-state index contributed by atoms with van der Waals surface area (Å²) in [6.07, 6.45) is 31.4. The number of aliphatic hydroxyl groups is 2. The van der Waals surface area contributed by atoms with Crippen LogP contribution in [0.15, 0.2) is 152 Å². The van der Waals surface area contributed by atoms with Crippen LogP contribution in [0.3, 0.4) is 0 Å². The number of carbonyl (C=O) groups excluding carboxylic acids is 10. The second-order valence-electron chi connectivity index (χ2n) is 43.6. The number of aliphatic hydroxyl groups excluding tert-OH is 2. The van der Waals surface area contributed by atoms with E-state index >= 15 is 0 Å². The van der Waals surface area contributed by atoms with Gasteiger partial charge >= 0.3 is 36.2 Å². The highest BCUT2D eigenvalue weighted by Gasteiger charge is 2.36. The summed E-state index contributed by atoms with van der Waals surface area (Å²) in [5.41, 5.74) is 8.99. The van der Waals surface area contributed by atoms with E-state index in [0.717, 1.165) is 234 Å². The molecule has 3 saturated carbocycles. The van der Waals surface area contributed by atoms with Crippen LogP contribution >= 0.6 is 0 Å². The van der Waals surface area contributed by atoms with Crippen LogP contribution in [0.2, 0.25) is 0 Å². The van der Waals surface area contributed by atoms with Crippen LogP contribution in [0, 0.1) is 41.4 Å². The average molecular weight is 2060 g/mol. The molecule has 6 heterocycles. The largest absolute Gasteiger partial charge is 0.461 e. The molecular weight excluding hydrogens is 1880 g/mol. The molecule has 6 saturated heterocycles. The van der Waals surface area contributed by atoms with Gasteiger partial charge < -0.3 is 89.4 Å². The van der Waals surface area contributed by atoms with Gasteiger partial charge in [-0.25, -0.2) is 44.6 Å². The van der Waals surface area contributed by atoms with Crippen LogP contribution < -0.4 is 37.5 Å². The first kappa shape index (κ1) is 123. The normalized spacial score (nSPS) is 18.6. The van der Waals surface area contributed by atoms with Crippen LogP contribution in [-0.4, -0.2) is 255 Å². The molecule has 14 rings (SSSR count). The summed E-state index contributed by atoms with van der Waals surface area (Å²) in [4.78, 5) is 131. The molecule has 5 aromatic rings. The van der Waals surface area contributed by atoms with Crippen molar-refractivity contribution in [2.24, 2.45) is 41.4 Å². The molecule has 10 N–H and O–H groups in total. The predicted molar refractivity (Wildman–Crippen MR) is 573 cm³/mol. The number of hydroxylamine groups is 2. The van der Waals surface area contributed by atoms with E-state index in [9.17, 15) is 47.9 Å². The fourth-order valence-electron chi connectivity index (χ4n) is 18.4. The molecule has 0 bridgehead atoms. The Bertz CT molecular complexity index is 4670. The monoisotopic (exact) mass is 2060 g/mol. The molecule has 0 aromatic heterocycles. The van der Waals surface area contributed by atoms with Gasteiger partial charge in [0.15, 0.2) is 6.29 Å². The maximum absolute atomic E-state index is 13.0. The smallest absolute Gasteiger partial charge is 0.410 e. The first-order valence-electron chi connectivity index (χ1n) is 54.3. The molecule has 0 radical (unpaired) electrons. The van der Waals surface area contributed by atoms with E-state index in [-0.39, 0.29) is 79.0 Å². The van der Waals surface area contributed by atoms with Gasteiger partial charge in [0.25, 0.3) is 11.8 Å². The fraction of sp³-hybridized carbons (Fsp3) is 0.621. The summed E-state index contributed by atoms with van der Waals surface area (Å²) >= 11 is 0. The number of esters is 3. The number of ether oxygens (including phenoxy) is 7. The van der Waals surface area contributed by atoms with Crippen molar-refractivity contribution in [3.8, 4) is 0 Å². The average Bonchev–Trinajstić information content (AvgIpc) is 1.31. The lowest BCUT2D eigenvalue weighted by atomic mass is 9.95. The van der Waals surface area contributed by atoms with Crippen LogP contribution in [0.25, 0.3) is 12.2 Å². The summed E-state index contributed by atoms with van der Waals surface area (Å²) in [6, 6.07) is 43.4. The number of aldehydes is 2. The highest BCUT2D eigenvalue weighted by Crippen LogP contribution is 2.32. The molecule has 9 fully saturated rings. The van der Waals surface area contributed by atoms with E-state index in [1.54, 1.807) is 63.5 Å².